The van der Waals surface area contributed by atoms with Gasteiger partial charge in [0.25, 0.3) is 0 Å². The van der Waals surface area contributed by atoms with Gasteiger partial charge in [-0.2, -0.15) is 0 Å². The Kier molecular flexibility index (Phi) is 6.88. The first kappa shape index (κ1) is 16.5. The molecule has 22 heavy (non-hydrogen) atoms. The molecule has 0 radical (unpaired) electrons. The summed E-state index contributed by atoms with van der Waals surface area (Å²) < 4.78 is 1.12. The van der Waals surface area contributed by atoms with Crippen molar-refractivity contribution in [2.24, 2.45) is 0 Å². The Bertz CT molecular complexity index is 648. The van der Waals surface area contributed by atoms with Crippen LogP contribution in [0.15, 0.2) is 89.4 Å². The number of rotatable bonds is 3. The SMILES string of the molecule is Brc1ccc(-c2ccccc2)cc1.CNCc1ccccc1. The summed E-state index contributed by atoms with van der Waals surface area (Å²) in [5.41, 5.74) is 3.85. The van der Waals surface area contributed by atoms with E-state index in [0.29, 0.717) is 0 Å². The lowest BCUT2D eigenvalue weighted by atomic mass is 10.1. The lowest BCUT2D eigenvalue weighted by Gasteiger charge is -2.00. The largest absolute Gasteiger partial charge is 0.316 e. The molecule has 3 rings (SSSR count). The van der Waals surface area contributed by atoms with Crippen LogP contribution in [-0.4, -0.2) is 7.05 Å². The van der Waals surface area contributed by atoms with Gasteiger partial charge in [0.2, 0.25) is 0 Å². The fraction of sp³-hybridized carbons (Fsp3) is 0.100. The van der Waals surface area contributed by atoms with E-state index in [4.69, 9.17) is 0 Å². The standard InChI is InChI=1S/C12H9Br.C8H11N/c13-12-8-6-11(7-9-12)10-4-2-1-3-5-10;1-9-7-8-5-3-2-4-6-8/h1-9H;2-6,9H,7H2,1H3. The lowest BCUT2D eigenvalue weighted by molar-refractivity contribution is 0.818. The molecule has 112 valence electrons. The van der Waals surface area contributed by atoms with Gasteiger partial charge in [-0.15, -0.1) is 0 Å². The summed E-state index contributed by atoms with van der Waals surface area (Å²) in [6.07, 6.45) is 0. The number of hydrogen-bond donors (Lipinski definition) is 1. The molecule has 0 heterocycles. The van der Waals surface area contributed by atoms with E-state index in [2.05, 4.69) is 81.9 Å². The van der Waals surface area contributed by atoms with Crippen LogP contribution in [0.3, 0.4) is 0 Å². The molecule has 2 heteroatoms. The third-order valence-corrected chi connectivity index (χ3v) is 3.70. The van der Waals surface area contributed by atoms with E-state index in [1.54, 1.807) is 0 Å². The van der Waals surface area contributed by atoms with Crippen molar-refractivity contribution in [2.75, 3.05) is 7.05 Å². The van der Waals surface area contributed by atoms with E-state index in [1.165, 1.54) is 16.7 Å². The Morgan fingerprint density at radius 3 is 1.73 bits per heavy atom. The molecule has 0 saturated heterocycles. The highest BCUT2D eigenvalue weighted by Gasteiger charge is 1.94. The first-order valence-corrected chi connectivity index (χ1v) is 8.08. The van der Waals surface area contributed by atoms with Gasteiger partial charge in [-0.05, 0) is 35.9 Å². The third kappa shape index (κ3) is 5.47. The highest BCUT2D eigenvalue weighted by Crippen LogP contribution is 2.20. The van der Waals surface area contributed by atoms with Crippen molar-refractivity contribution in [1.29, 1.82) is 0 Å². The monoisotopic (exact) mass is 353 g/mol. The molecule has 0 aliphatic carbocycles. The van der Waals surface area contributed by atoms with Crippen LogP contribution in [0.5, 0.6) is 0 Å². The Hall–Kier alpha value is -1.90. The predicted molar refractivity (Wildman–Crippen MR) is 98.8 cm³/mol. The quantitative estimate of drug-likeness (QED) is 0.653. The summed E-state index contributed by atoms with van der Waals surface area (Å²) in [7, 11) is 1.95. The Balaban J connectivity index is 0.000000172. The maximum Gasteiger partial charge on any atom is 0.0202 e. The third-order valence-electron chi connectivity index (χ3n) is 3.18. The average molecular weight is 354 g/mol. The van der Waals surface area contributed by atoms with Gasteiger partial charge in [0.15, 0.2) is 0 Å². The fourth-order valence-corrected chi connectivity index (χ4v) is 2.34. The lowest BCUT2D eigenvalue weighted by Crippen LogP contribution is -2.04. The van der Waals surface area contributed by atoms with Gasteiger partial charge in [0.1, 0.15) is 0 Å². The molecule has 0 amide bonds. The second kappa shape index (κ2) is 9.19. The zero-order valence-corrected chi connectivity index (χ0v) is 14.3. The van der Waals surface area contributed by atoms with E-state index in [9.17, 15) is 0 Å². The molecular weight excluding hydrogens is 334 g/mol. The number of hydrogen-bond acceptors (Lipinski definition) is 1. The van der Waals surface area contributed by atoms with Crippen LogP contribution in [0.2, 0.25) is 0 Å². The van der Waals surface area contributed by atoms with Crippen molar-refractivity contribution >= 4 is 15.9 Å². The van der Waals surface area contributed by atoms with Gasteiger partial charge in [-0.1, -0.05) is 88.7 Å². The van der Waals surface area contributed by atoms with Gasteiger partial charge < -0.3 is 5.32 Å². The van der Waals surface area contributed by atoms with E-state index in [1.807, 2.05) is 31.3 Å². The van der Waals surface area contributed by atoms with Crippen LogP contribution < -0.4 is 5.32 Å². The molecule has 3 aromatic rings. The molecule has 0 aliphatic heterocycles. The second-order valence-corrected chi connectivity index (χ2v) is 5.80. The summed E-state index contributed by atoms with van der Waals surface area (Å²) >= 11 is 3.42. The van der Waals surface area contributed by atoms with Gasteiger partial charge in [0.05, 0.1) is 0 Å². The van der Waals surface area contributed by atoms with Gasteiger partial charge in [0, 0.05) is 11.0 Å². The smallest absolute Gasteiger partial charge is 0.0202 e. The first-order chi connectivity index (χ1) is 10.8. The molecule has 0 aromatic heterocycles. The molecule has 3 aromatic carbocycles. The molecule has 0 fully saturated rings. The Morgan fingerprint density at radius 2 is 1.18 bits per heavy atom. The Morgan fingerprint density at radius 1 is 0.682 bits per heavy atom. The molecule has 0 bridgehead atoms. The van der Waals surface area contributed by atoms with Gasteiger partial charge >= 0.3 is 0 Å². The van der Waals surface area contributed by atoms with E-state index < -0.39 is 0 Å². The van der Waals surface area contributed by atoms with E-state index in [-0.39, 0.29) is 0 Å². The predicted octanol–water partition coefficient (Wildman–Crippen LogP) is 5.52. The molecule has 0 aliphatic rings. The van der Waals surface area contributed by atoms with Gasteiger partial charge in [-0.3, -0.25) is 0 Å². The summed E-state index contributed by atoms with van der Waals surface area (Å²) in [4.78, 5) is 0. The summed E-state index contributed by atoms with van der Waals surface area (Å²) in [6, 6.07) is 29.0. The number of benzene rings is 3. The maximum absolute atomic E-state index is 3.42. The van der Waals surface area contributed by atoms with Crippen molar-refractivity contribution in [3.63, 3.8) is 0 Å². The molecule has 0 saturated carbocycles. The minimum Gasteiger partial charge on any atom is -0.316 e. The summed E-state index contributed by atoms with van der Waals surface area (Å²) in [5, 5.41) is 3.08. The minimum atomic E-state index is 0.959. The number of halogens is 1. The van der Waals surface area contributed by atoms with Crippen molar-refractivity contribution in [3.8, 4) is 11.1 Å². The van der Waals surface area contributed by atoms with Gasteiger partial charge in [-0.25, -0.2) is 0 Å². The van der Waals surface area contributed by atoms with Crippen LogP contribution in [0.25, 0.3) is 11.1 Å². The topological polar surface area (TPSA) is 12.0 Å². The van der Waals surface area contributed by atoms with Crippen molar-refractivity contribution in [1.82, 2.24) is 5.32 Å². The zero-order chi connectivity index (χ0) is 15.6. The average Bonchev–Trinajstić information content (AvgIpc) is 2.58. The van der Waals surface area contributed by atoms with E-state index in [0.717, 1.165) is 11.0 Å². The molecule has 1 N–H and O–H groups in total. The molecule has 0 unspecified atom stereocenters. The van der Waals surface area contributed by atoms with Crippen LogP contribution in [0.1, 0.15) is 5.56 Å². The molecule has 0 spiro atoms. The zero-order valence-electron chi connectivity index (χ0n) is 12.7. The molecular formula is C20H20BrN. The first-order valence-electron chi connectivity index (χ1n) is 7.29. The molecule has 0 atom stereocenters. The second-order valence-electron chi connectivity index (χ2n) is 4.89. The maximum atomic E-state index is 3.42. The minimum absolute atomic E-state index is 0.959. The van der Waals surface area contributed by atoms with Crippen molar-refractivity contribution in [3.05, 3.63) is 95.0 Å². The van der Waals surface area contributed by atoms with E-state index >= 15 is 0 Å². The molecule has 1 nitrogen and oxygen atoms in total. The van der Waals surface area contributed by atoms with Crippen LogP contribution in [0.4, 0.5) is 0 Å². The summed E-state index contributed by atoms with van der Waals surface area (Å²) in [6.45, 7) is 0.959. The highest BCUT2D eigenvalue weighted by atomic mass is 79.9. The Labute approximate surface area is 141 Å². The van der Waals surface area contributed by atoms with Crippen LogP contribution >= 0.6 is 15.9 Å². The normalized spacial score (nSPS) is 9.73. The van der Waals surface area contributed by atoms with Crippen LogP contribution in [-0.2, 0) is 6.54 Å². The number of nitrogens with one attached hydrogen (secondary N) is 1. The highest BCUT2D eigenvalue weighted by molar-refractivity contribution is 9.10. The van der Waals surface area contributed by atoms with Crippen LogP contribution in [0, 0.1) is 0 Å². The van der Waals surface area contributed by atoms with Crippen molar-refractivity contribution < 1.29 is 0 Å². The summed E-state index contributed by atoms with van der Waals surface area (Å²) in [5.74, 6) is 0. The fourth-order valence-electron chi connectivity index (χ4n) is 2.07. The van der Waals surface area contributed by atoms with Crippen molar-refractivity contribution in [2.45, 2.75) is 6.54 Å².